The number of aryl methyl sites for hydroxylation is 1. The van der Waals surface area contributed by atoms with E-state index in [1.54, 1.807) is 13.0 Å². The molecule has 0 saturated heterocycles. The number of aliphatic imine (C=N–C) groups is 1. The second-order valence-corrected chi connectivity index (χ2v) is 9.82. The number of pyridine rings is 1. The number of halogens is 4. The van der Waals surface area contributed by atoms with E-state index in [-0.39, 0.29) is 34.7 Å². The molecule has 0 aliphatic heterocycles. The van der Waals surface area contributed by atoms with E-state index in [1.807, 2.05) is 0 Å². The molecule has 10 nitrogen and oxygen atoms in total. The molecular formula is C23H22F4N8O2S. The third kappa shape index (κ3) is 6.10. The van der Waals surface area contributed by atoms with Crippen LogP contribution in [0.2, 0.25) is 0 Å². The van der Waals surface area contributed by atoms with Gasteiger partial charge in [0.2, 0.25) is 17.6 Å². The van der Waals surface area contributed by atoms with Crippen molar-refractivity contribution in [3.8, 4) is 5.88 Å². The molecule has 0 saturated carbocycles. The fourth-order valence-corrected chi connectivity index (χ4v) is 4.32. The number of hydrogen-bond acceptors (Lipinski definition) is 10. The summed E-state index contributed by atoms with van der Waals surface area (Å²) in [5.74, 6) is -1.36. The highest BCUT2D eigenvalue weighted by atomic mass is 32.2. The van der Waals surface area contributed by atoms with Crippen LogP contribution >= 0.6 is 11.8 Å². The molecular weight excluding hydrogens is 528 g/mol. The summed E-state index contributed by atoms with van der Waals surface area (Å²) in [6, 6.07) is 3.71. The minimum atomic E-state index is -2.90. The van der Waals surface area contributed by atoms with Crippen LogP contribution in [-0.4, -0.2) is 48.5 Å². The molecule has 0 fully saturated rings. The van der Waals surface area contributed by atoms with Gasteiger partial charge in [-0.25, -0.2) is 32.5 Å². The van der Waals surface area contributed by atoms with Crippen molar-refractivity contribution in [3.05, 3.63) is 59.5 Å². The van der Waals surface area contributed by atoms with Crippen LogP contribution in [0.4, 0.5) is 29.1 Å². The molecule has 0 aliphatic carbocycles. The summed E-state index contributed by atoms with van der Waals surface area (Å²) < 4.78 is 65.5. The SMILES string of the molecule is CN=C(N)S[C@](C)(Cc1cc(Nc2nccc3nc(OCc4noc(C)n4)cnc23)cc(F)c1F)C(F)F. The number of benzene rings is 1. The smallest absolute Gasteiger partial charge is 0.253 e. The summed E-state index contributed by atoms with van der Waals surface area (Å²) in [6.45, 7) is 2.87. The molecule has 1 atom stereocenters. The average molecular weight is 551 g/mol. The van der Waals surface area contributed by atoms with Crippen molar-refractivity contribution in [1.29, 1.82) is 0 Å². The van der Waals surface area contributed by atoms with Gasteiger partial charge < -0.3 is 20.3 Å². The Morgan fingerprint density at radius 2 is 2.05 bits per heavy atom. The predicted octanol–water partition coefficient (Wildman–Crippen LogP) is 4.56. The molecule has 0 radical (unpaired) electrons. The van der Waals surface area contributed by atoms with Crippen LogP contribution in [0.15, 0.2) is 40.1 Å². The Morgan fingerprint density at radius 1 is 1.26 bits per heavy atom. The lowest BCUT2D eigenvalue weighted by atomic mass is 9.99. The number of anilines is 2. The second-order valence-electron chi connectivity index (χ2n) is 8.26. The van der Waals surface area contributed by atoms with Gasteiger partial charge >= 0.3 is 0 Å². The van der Waals surface area contributed by atoms with Gasteiger partial charge in [0.15, 0.2) is 29.2 Å². The number of fused-ring (bicyclic) bond motifs is 1. The Labute approximate surface area is 218 Å². The number of nitrogens with one attached hydrogen (secondary N) is 1. The number of alkyl halides is 2. The van der Waals surface area contributed by atoms with Crippen LogP contribution in [0.3, 0.4) is 0 Å². The highest BCUT2D eigenvalue weighted by molar-refractivity contribution is 8.15. The van der Waals surface area contributed by atoms with Crippen molar-refractivity contribution in [2.75, 3.05) is 12.4 Å². The van der Waals surface area contributed by atoms with Crippen molar-refractivity contribution >= 4 is 39.5 Å². The zero-order valence-corrected chi connectivity index (χ0v) is 21.2. The van der Waals surface area contributed by atoms with Crippen molar-refractivity contribution in [1.82, 2.24) is 25.1 Å². The Hall–Kier alpha value is -4.01. The average Bonchev–Trinajstić information content (AvgIpc) is 3.30. The van der Waals surface area contributed by atoms with E-state index in [9.17, 15) is 17.6 Å². The number of rotatable bonds is 9. The monoisotopic (exact) mass is 550 g/mol. The number of nitrogens with two attached hydrogens (primary N) is 1. The zero-order chi connectivity index (χ0) is 27.4. The molecule has 3 heterocycles. The lowest BCUT2D eigenvalue weighted by Crippen LogP contribution is -2.36. The molecule has 0 spiro atoms. The number of ether oxygens (including phenoxy) is 1. The molecule has 200 valence electrons. The fourth-order valence-electron chi connectivity index (χ4n) is 3.43. The zero-order valence-electron chi connectivity index (χ0n) is 20.4. The van der Waals surface area contributed by atoms with E-state index in [0.717, 1.165) is 6.07 Å². The highest BCUT2D eigenvalue weighted by Crippen LogP contribution is 2.37. The summed E-state index contributed by atoms with van der Waals surface area (Å²) >= 11 is 0.594. The Kier molecular flexibility index (Phi) is 7.94. The van der Waals surface area contributed by atoms with E-state index in [0.29, 0.717) is 34.5 Å². The van der Waals surface area contributed by atoms with E-state index >= 15 is 0 Å². The minimum Gasteiger partial charge on any atom is -0.468 e. The normalized spacial score (nSPS) is 13.6. The molecule has 38 heavy (non-hydrogen) atoms. The van der Waals surface area contributed by atoms with Crippen LogP contribution in [0, 0.1) is 18.6 Å². The van der Waals surface area contributed by atoms with Gasteiger partial charge in [-0.1, -0.05) is 16.9 Å². The number of nitrogens with zero attached hydrogens (tertiary/aromatic N) is 6. The lowest BCUT2D eigenvalue weighted by Gasteiger charge is -2.28. The molecule has 15 heteroatoms. The van der Waals surface area contributed by atoms with Crippen molar-refractivity contribution in [2.45, 2.75) is 38.0 Å². The molecule has 0 unspecified atom stereocenters. The summed E-state index contributed by atoms with van der Waals surface area (Å²) in [7, 11) is 1.35. The molecule has 4 rings (SSSR count). The predicted molar refractivity (Wildman–Crippen MR) is 134 cm³/mol. The first-order chi connectivity index (χ1) is 18.1. The first-order valence-corrected chi connectivity index (χ1v) is 11.9. The summed E-state index contributed by atoms with van der Waals surface area (Å²) in [5, 5.41) is 6.50. The topological polar surface area (TPSA) is 137 Å². The minimum absolute atomic E-state index is 0.0108. The Morgan fingerprint density at radius 3 is 2.74 bits per heavy atom. The van der Waals surface area contributed by atoms with Gasteiger partial charge in [0.1, 0.15) is 5.52 Å². The molecule has 0 aliphatic rings. The summed E-state index contributed by atoms with van der Waals surface area (Å²) in [5.41, 5.74) is 6.12. The molecule has 1 aromatic carbocycles. The number of aromatic nitrogens is 5. The van der Waals surface area contributed by atoms with Crippen LogP contribution in [0.25, 0.3) is 11.0 Å². The van der Waals surface area contributed by atoms with Crippen LogP contribution in [0.1, 0.15) is 24.2 Å². The van der Waals surface area contributed by atoms with Crippen molar-refractivity contribution in [3.63, 3.8) is 0 Å². The molecule has 0 amide bonds. The maximum absolute atomic E-state index is 14.6. The maximum atomic E-state index is 14.6. The van der Waals surface area contributed by atoms with Crippen LogP contribution in [0.5, 0.6) is 5.88 Å². The van der Waals surface area contributed by atoms with Crippen LogP contribution in [-0.2, 0) is 13.0 Å². The summed E-state index contributed by atoms with van der Waals surface area (Å²) in [4.78, 5) is 20.6. The Bertz CT molecular complexity index is 1490. The quantitative estimate of drug-likeness (QED) is 0.173. The summed E-state index contributed by atoms with van der Waals surface area (Å²) in [6.07, 6.45) is -0.636. The van der Waals surface area contributed by atoms with Gasteiger partial charge in [-0.3, -0.25) is 4.99 Å². The maximum Gasteiger partial charge on any atom is 0.253 e. The standard InChI is InChI=1S/C23H22F4N8O2S/c1-11-32-16(35-37-11)10-36-17-9-31-19-15(34-17)4-5-30-20(19)33-13-6-12(18(25)14(24)7-13)8-23(2,21(26)27)38-22(28)29-3/h4-7,9,21H,8,10H2,1-3H3,(H2,28,29)(H,30,33)/t23-/m1/s1. The Balaban J connectivity index is 1.59. The van der Waals surface area contributed by atoms with Crippen molar-refractivity contribution < 1.29 is 26.8 Å². The van der Waals surface area contributed by atoms with Gasteiger partial charge in [-0.2, -0.15) is 4.98 Å². The molecule has 3 N–H and O–H groups in total. The lowest BCUT2D eigenvalue weighted by molar-refractivity contribution is 0.106. The molecule has 3 aromatic heterocycles. The first-order valence-electron chi connectivity index (χ1n) is 11.1. The number of thioether (sulfide) groups is 1. The number of amidine groups is 1. The van der Waals surface area contributed by atoms with Gasteiger partial charge in [-0.15, -0.1) is 0 Å². The van der Waals surface area contributed by atoms with Crippen LogP contribution < -0.4 is 15.8 Å². The number of hydrogen-bond donors (Lipinski definition) is 2. The largest absolute Gasteiger partial charge is 0.468 e. The third-order valence-corrected chi connectivity index (χ3v) is 6.46. The van der Waals surface area contributed by atoms with E-state index in [4.69, 9.17) is 15.0 Å². The van der Waals surface area contributed by atoms with Gasteiger partial charge in [0.25, 0.3) is 6.43 Å². The third-order valence-electron chi connectivity index (χ3n) is 5.28. The van der Waals surface area contributed by atoms with Crippen molar-refractivity contribution in [2.24, 2.45) is 10.7 Å². The van der Waals surface area contributed by atoms with Gasteiger partial charge in [0, 0.05) is 31.9 Å². The van der Waals surface area contributed by atoms with Gasteiger partial charge in [0.05, 0.1) is 16.5 Å². The highest BCUT2D eigenvalue weighted by Gasteiger charge is 2.38. The molecule has 0 bridgehead atoms. The molecule has 4 aromatic rings. The first kappa shape index (κ1) is 27.0. The fraction of sp³-hybridized carbons (Fsp3) is 0.304. The van der Waals surface area contributed by atoms with E-state index in [2.05, 4.69) is 35.4 Å². The van der Waals surface area contributed by atoms with Gasteiger partial charge in [-0.05, 0) is 31.0 Å². The van der Waals surface area contributed by atoms with E-state index in [1.165, 1.54) is 32.4 Å². The van der Waals surface area contributed by atoms with E-state index < -0.39 is 29.2 Å². The second kappa shape index (κ2) is 11.2.